The molecule has 3 N–H and O–H groups in total. The number of methoxy groups -OCH3 is 1. The highest BCUT2D eigenvalue weighted by Crippen LogP contribution is 2.09. The quantitative estimate of drug-likeness (QED) is 0.650. The third-order valence-corrected chi connectivity index (χ3v) is 2.66. The molecule has 5 nitrogen and oxygen atoms in total. The summed E-state index contributed by atoms with van der Waals surface area (Å²) >= 11 is 0. The molecule has 1 amide bonds. The van der Waals surface area contributed by atoms with Gasteiger partial charge < -0.3 is 15.8 Å². The fourth-order valence-electron chi connectivity index (χ4n) is 1.47. The van der Waals surface area contributed by atoms with Crippen molar-refractivity contribution >= 4 is 11.9 Å². The molecule has 0 aliphatic rings. The summed E-state index contributed by atoms with van der Waals surface area (Å²) in [7, 11) is 1.30. The lowest BCUT2D eigenvalue weighted by molar-refractivity contribution is -0.145. The van der Waals surface area contributed by atoms with Crippen LogP contribution >= 0.6 is 0 Å². The SMILES string of the molecule is COC(=O)C(C)NC(=O)C(C)CCCC(C)N. The molecule has 0 heterocycles. The van der Waals surface area contributed by atoms with Crippen molar-refractivity contribution in [3.05, 3.63) is 0 Å². The lowest BCUT2D eigenvalue weighted by Gasteiger charge is -2.16. The zero-order chi connectivity index (χ0) is 13.4. The van der Waals surface area contributed by atoms with Crippen LogP contribution in [0.15, 0.2) is 0 Å². The fourth-order valence-corrected chi connectivity index (χ4v) is 1.47. The molecular formula is C12H24N2O3. The minimum absolute atomic E-state index is 0.110. The molecule has 0 aliphatic heterocycles. The van der Waals surface area contributed by atoms with Crippen molar-refractivity contribution in [2.24, 2.45) is 11.7 Å². The fraction of sp³-hybridized carbons (Fsp3) is 0.833. The van der Waals surface area contributed by atoms with Gasteiger partial charge in [-0.3, -0.25) is 4.79 Å². The highest BCUT2D eigenvalue weighted by Gasteiger charge is 2.19. The van der Waals surface area contributed by atoms with Crippen molar-refractivity contribution in [1.29, 1.82) is 0 Å². The normalized spacial score (nSPS) is 15.8. The predicted octanol–water partition coefficient (Wildman–Crippen LogP) is 0.818. The Balaban J connectivity index is 3.93. The topological polar surface area (TPSA) is 81.4 Å². The van der Waals surface area contributed by atoms with Gasteiger partial charge in [0.15, 0.2) is 0 Å². The minimum Gasteiger partial charge on any atom is -0.467 e. The minimum atomic E-state index is -0.594. The zero-order valence-corrected chi connectivity index (χ0v) is 11.2. The Morgan fingerprint density at radius 2 is 1.82 bits per heavy atom. The molecule has 17 heavy (non-hydrogen) atoms. The number of carbonyl (C=O) groups is 2. The first-order valence-electron chi connectivity index (χ1n) is 6.02. The molecule has 0 aliphatic carbocycles. The molecule has 0 aromatic carbocycles. The molecule has 5 heteroatoms. The molecule has 3 unspecified atom stereocenters. The number of esters is 1. The number of nitrogens with one attached hydrogen (secondary N) is 1. The molecule has 0 aromatic heterocycles. The monoisotopic (exact) mass is 244 g/mol. The van der Waals surface area contributed by atoms with Crippen molar-refractivity contribution in [3.63, 3.8) is 0 Å². The van der Waals surface area contributed by atoms with Gasteiger partial charge in [0.25, 0.3) is 0 Å². The summed E-state index contributed by atoms with van der Waals surface area (Å²) in [6.07, 6.45) is 2.60. The van der Waals surface area contributed by atoms with Crippen molar-refractivity contribution in [1.82, 2.24) is 5.32 Å². The predicted molar refractivity (Wildman–Crippen MR) is 66.3 cm³/mol. The van der Waals surface area contributed by atoms with E-state index < -0.39 is 12.0 Å². The third kappa shape index (κ3) is 6.94. The van der Waals surface area contributed by atoms with Crippen LogP contribution in [-0.4, -0.2) is 31.1 Å². The highest BCUT2D eigenvalue weighted by atomic mass is 16.5. The second kappa shape index (κ2) is 8.06. The molecule has 0 bridgehead atoms. The standard InChI is InChI=1S/C12H24N2O3/c1-8(6-5-7-9(2)13)11(15)14-10(3)12(16)17-4/h8-10H,5-7,13H2,1-4H3,(H,14,15). The van der Waals surface area contributed by atoms with Crippen LogP contribution in [0.4, 0.5) is 0 Å². The average Bonchev–Trinajstić information content (AvgIpc) is 2.26. The van der Waals surface area contributed by atoms with Gasteiger partial charge in [0, 0.05) is 12.0 Å². The number of hydrogen-bond acceptors (Lipinski definition) is 4. The van der Waals surface area contributed by atoms with Gasteiger partial charge in [-0.25, -0.2) is 4.79 Å². The van der Waals surface area contributed by atoms with Crippen molar-refractivity contribution in [2.45, 2.75) is 52.1 Å². The lowest BCUT2D eigenvalue weighted by Crippen LogP contribution is -2.41. The number of carbonyl (C=O) groups excluding carboxylic acids is 2. The van der Waals surface area contributed by atoms with E-state index in [1.165, 1.54) is 7.11 Å². The van der Waals surface area contributed by atoms with E-state index >= 15 is 0 Å². The van der Waals surface area contributed by atoms with Gasteiger partial charge in [-0.1, -0.05) is 13.3 Å². The number of nitrogens with two attached hydrogens (primary N) is 1. The smallest absolute Gasteiger partial charge is 0.328 e. The Bertz CT molecular complexity index is 254. The van der Waals surface area contributed by atoms with Gasteiger partial charge in [0.05, 0.1) is 7.11 Å². The van der Waals surface area contributed by atoms with Crippen LogP contribution in [0.2, 0.25) is 0 Å². The van der Waals surface area contributed by atoms with E-state index in [-0.39, 0.29) is 17.9 Å². The van der Waals surface area contributed by atoms with Crippen LogP contribution in [0.1, 0.15) is 40.0 Å². The summed E-state index contributed by atoms with van der Waals surface area (Å²) in [5.74, 6) is -0.658. The Morgan fingerprint density at radius 1 is 1.24 bits per heavy atom. The van der Waals surface area contributed by atoms with Gasteiger partial charge in [0.1, 0.15) is 6.04 Å². The Kier molecular flexibility index (Phi) is 7.54. The van der Waals surface area contributed by atoms with E-state index in [9.17, 15) is 9.59 Å². The largest absolute Gasteiger partial charge is 0.467 e. The molecular weight excluding hydrogens is 220 g/mol. The summed E-state index contributed by atoms with van der Waals surface area (Å²) in [5.41, 5.74) is 5.63. The average molecular weight is 244 g/mol. The first-order valence-corrected chi connectivity index (χ1v) is 6.02. The molecule has 0 saturated heterocycles. The maximum Gasteiger partial charge on any atom is 0.328 e. The van der Waals surface area contributed by atoms with Gasteiger partial charge in [-0.15, -0.1) is 0 Å². The summed E-state index contributed by atoms with van der Waals surface area (Å²) in [4.78, 5) is 22.8. The molecule has 3 atom stereocenters. The van der Waals surface area contributed by atoms with Crippen LogP contribution in [0, 0.1) is 5.92 Å². The van der Waals surface area contributed by atoms with Crippen LogP contribution < -0.4 is 11.1 Å². The van der Waals surface area contributed by atoms with Gasteiger partial charge in [-0.05, 0) is 26.7 Å². The van der Waals surface area contributed by atoms with Gasteiger partial charge in [0.2, 0.25) is 5.91 Å². The molecule has 0 rings (SSSR count). The van der Waals surface area contributed by atoms with Crippen molar-refractivity contribution in [3.8, 4) is 0 Å². The summed E-state index contributed by atoms with van der Waals surface area (Å²) in [6.45, 7) is 5.41. The molecule has 0 saturated carbocycles. The van der Waals surface area contributed by atoms with E-state index in [1.54, 1.807) is 6.92 Å². The molecule has 0 aromatic rings. The van der Waals surface area contributed by atoms with Gasteiger partial charge in [-0.2, -0.15) is 0 Å². The molecule has 0 spiro atoms. The Morgan fingerprint density at radius 3 is 2.29 bits per heavy atom. The second-order valence-electron chi connectivity index (χ2n) is 4.56. The summed E-state index contributed by atoms with van der Waals surface area (Å²) in [5, 5.41) is 2.62. The van der Waals surface area contributed by atoms with E-state index in [4.69, 9.17) is 5.73 Å². The number of amides is 1. The van der Waals surface area contributed by atoms with Crippen LogP contribution in [-0.2, 0) is 14.3 Å². The molecule has 0 radical (unpaired) electrons. The van der Waals surface area contributed by atoms with E-state index in [2.05, 4.69) is 10.1 Å². The number of hydrogen-bond donors (Lipinski definition) is 2. The van der Waals surface area contributed by atoms with E-state index in [0.717, 1.165) is 19.3 Å². The zero-order valence-electron chi connectivity index (χ0n) is 11.2. The maximum atomic E-state index is 11.7. The molecule has 0 fully saturated rings. The lowest BCUT2D eigenvalue weighted by atomic mass is 10.0. The number of ether oxygens (including phenoxy) is 1. The van der Waals surface area contributed by atoms with Crippen LogP contribution in [0.5, 0.6) is 0 Å². The van der Waals surface area contributed by atoms with Crippen molar-refractivity contribution in [2.75, 3.05) is 7.11 Å². The van der Waals surface area contributed by atoms with Gasteiger partial charge >= 0.3 is 5.97 Å². The third-order valence-electron chi connectivity index (χ3n) is 2.66. The van der Waals surface area contributed by atoms with Crippen LogP contribution in [0.3, 0.4) is 0 Å². The summed E-state index contributed by atoms with van der Waals surface area (Å²) in [6, 6.07) is -0.428. The molecule has 100 valence electrons. The Hall–Kier alpha value is -1.10. The first kappa shape index (κ1) is 15.9. The second-order valence-corrected chi connectivity index (χ2v) is 4.56. The highest BCUT2D eigenvalue weighted by molar-refractivity contribution is 5.85. The van der Waals surface area contributed by atoms with Crippen molar-refractivity contribution < 1.29 is 14.3 Å². The van der Waals surface area contributed by atoms with E-state index in [1.807, 2.05) is 13.8 Å². The first-order chi connectivity index (χ1) is 7.88. The summed E-state index contributed by atoms with van der Waals surface area (Å²) < 4.78 is 4.54. The van der Waals surface area contributed by atoms with E-state index in [0.29, 0.717) is 0 Å². The number of rotatable bonds is 7. The van der Waals surface area contributed by atoms with Crippen LogP contribution in [0.25, 0.3) is 0 Å². The maximum absolute atomic E-state index is 11.7. The Labute approximate surface area is 103 Å².